The highest BCUT2D eigenvalue weighted by Crippen LogP contribution is 2.45. The Hall–Kier alpha value is -4.60. The monoisotopic (exact) mass is 594 g/mol. The van der Waals surface area contributed by atoms with E-state index in [1.807, 2.05) is 30.3 Å². The summed E-state index contributed by atoms with van der Waals surface area (Å²) in [7, 11) is 5.38. The molecular formula is C35H34N2O7. The highest BCUT2D eigenvalue weighted by molar-refractivity contribution is 5.88. The lowest BCUT2D eigenvalue weighted by Gasteiger charge is -2.35. The number of likely N-dealkylation sites (N-methyl/N-ethyl adjacent to an activating group) is 1. The van der Waals surface area contributed by atoms with Crippen LogP contribution >= 0.6 is 0 Å². The number of fused-ring (bicyclic) bond motifs is 2. The van der Waals surface area contributed by atoms with Gasteiger partial charge in [-0.25, -0.2) is 0 Å². The molecule has 2 atom stereocenters. The number of hydrogen-bond donors (Lipinski definition) is 2. The smallest absolute Gasteiger partial charge is 0.262 e. The number of benzene rings is 4. The van der Waals surface area contributed by atoms with Crippen LogP contribution in [0, 0.1) is 0 Å². The summed E-state index contributed by atoms with van der Waals surface area (Å²) >= 11 is 0. The van der Waals surface area contributed by atoms with Gasteiger partial charge in [-0.3, -0.25) is 14.1 Å². The topological polar surface area (TPSA) is 103 Å². The Morgan fingerprint density at radius 1 is 0.795 bits per heavy atom. The molecule has 0 spiro atoms. The summed E-state index contributed by atoms with van der Waals surface area (Å²) in [6, 6.07) is 17.8. The van der Waals surface area contributed by atoms with Crippen LogP contribution in [0.5, 0.6) is 28.7 Å². The zero-order valence-corrected chi connectivity index (χ0v) is 24.9. The number of methoxy groups -OCH3 is 2. The molecule has 5 aromatic rings. The fourth-order valence-electron chi connectivity index (χ4n) is 7.03. The van der Waals surface area contributed by atoms with Crippen LogP contribution in [0.2, 0.25) is 0 Å². The number of nitrogens with zero attached hydrogens (tertiary/aromatic N) is 1. The summed E-state index contributed by atoms with van der Waals surface area (Å²) in [4.78, 5) is 2.32. The maximum Gasteiger partial charge on any atom is 0.262 e. The second-order valence-corrected chi connectivity index (χ2v) is 11.8. The molecule has 9 rings (SSSR count). The number of phenolic OH excluding ortho intramolecular Hbond substituents is 1. The Morgan fingerprint density at radius 3 is 2.39 bits per heavy atom. The van der Waals surface area contributed by atoms with E-state index < -0.39 is 0 Å². The minimum Gasteiger partial charge on any atom is -0.504 e. The summed E-state index contributed by atoms with van der Waals surface area (Å²) in [5.41, 5.74) is 7.65. The number of aromatic hydroxyl groups is 1. The number of rotatable bonds is 2. The molecule has 0 fully saturated rings. The van der Waals surface area contributed by atoms with Crippen molar-refractivity contribution in [2.75, 3.05) is 34.4 Å². The number of hydrogen-bond acceptors (Lipinski definition) is 9. The van der Waals surface area contributed by atoms with E-state index in [2.05, 4.69) is 35.5 Å². The first-order valence-electron chi connectivity index (χ1n) is 15.0. The lowest BCUT2D eigenvalue weighted by atomic mass is 9.88. The number of nitrogens with one attached hydrogen (secondary N) is 1. The zero-order chi connectivity index (χ0) is 29.9. The van der Waals surface area contributed by atoms with Gasteiger partial charge in [0.25, 0.3) is 5.58 Å². The molecule has 2 N–H and O–H groups in total. The van der Waals surface area contributed by atoms with Crippen LogP contribution in [0.3, 0.4) is 0 Å². The summed E-state index contributed by atoms with van der Waals surface area (Å²) in [5, 5.41) is 15.0. The molecule has 1 unspecified atom stereocenters. The quantitative estimate of drug-likeness (QED) is 0.211. The fraction of sp³-hybridized carbons (Fsp3) is 0.314. The predicted molar refractivity (Wildman–Crippen MR) is 165 cm³/mol. The average molecular weight is 595 g/mol. The molecule has 9 nitrogen and oxygen atoms in total. The zero-order valence-electron chi connectivity index (χ0n) is 24.9. The largest absolute Gasteiger partial charge is 0.504 e. The van der Waals surface area contributed by atoms with E-state index in [-0.39, 0.29) is 23.4 Å². The lowest BCUT2D eigenvalue weighted by molar-refractivity contribution is 0.0881. The molecule has 226 valence electrons. The van der Waals surface area contributed by atoms with E-state index in [9.17, 15) is 5.11 Å². The molecule has 0 radical (unpaired) electrons. The standard InChI is InChI=1S/C35H34N2O7/c1-37-13-11-22-18-29(40-3)33-34-31(22)25(37)15-20-6-9-27(39-2)28(16-20)41-23-7-4-19(5-8-23)14-24-30-21(10-12-36-24)17-26(38)32(42-34)35(30)44-43-33/h4-9,16-18,24-25,36,38H,10-15H2,1-3H3/t24?,25-/m0/s1. The number of phenols is 1. The van der Waals surface area contributed by atoms with Crippen LogP contribution in [0.15, 0.2) is 68.2 Å². The van der Waals surface area contributed by atoms with Crippen molar-refractivity contribution in [2.45, 2.75) is 37.8 Å². The molecule has 0 saturated carbocycles. The van der Waals surface area contributed by atoms with Crippen molar-refractivity contribution < 1.29 is 32.9 Å². The van der Waals surface area contributed by atoms with Crippen LogP contribution < -0.4 is 19.5 Å². The van der Waals surface area contributed by atoms with E-state index in [0.717, 1.165) is 65.1 Å². The van der Waals surface area contributed by atoms with Crippen LogP contribution in [-0.4, -0.2) is 44.4 Å². The third-order valence-corrected chi connectivity index (χ3v) is 9.28. The van der Waals surface area contributed by atoms with Gasteiger partial charge in [-0.05, 0) is 97.9 Å². The summed E-state index contributed by atoms with van der Waals surface area (Å²) in [6.45, 7) is 1.62. The molecule has 4 aliphatic rings. The van der Waals surface area contributed by atoms with Gasteiger partial charge in [0.05, 0.1) is 14.2 Å². The van der Waals surface area contributed by atoms with Crippen molar-refractivity contribution in [3.8, 4) is 28.7 Å². The summed E-state index contributed by atoms with van der Waals surface area (Å²) < 4.78 is 36.9. The van der Waals surface area contributed by atoms with Crippen LogP contribution in [0.4, 0.5) is 0 Å². The third-order valence-electron chi connectivity index (χ3n) is 9.28. The van der Waals surface area contributed by atoms with Crippen molar-refractivity contribution >= 4 is 22.3 Å². The van der Waals surface area contributed by atoms with Gasteiger partial charge >= 0.3 is 0 Å². The Kier molecular flexibility index (Phi) is 6.46. The number of ether oxygens (including phenoxy) is 3. The molecule has 0 saturated heterocycles. The normalized spacial score (nSPS) is 19.2. The first-order valence-corrected chi connectivity index (χ1v) is 15.0. The Balaban J connectivity index is 1.45. The van der Waals surface area contributed by atoms with Gasteiger partial charge in [0.1, 0.15) is 5.75 Å². The van der Waals surface area contributed by atoms with Crippen molar-refractivity contribution in [2.24, 2.45) is 0 Å². The molecule has 4 aliphatic heterocycles. The van der Waals surface area contributed by atoms with Crippen molar-refractivity contribution in [3.05, 3.63) is 88.0 Å². The summed E-state index contributed by atoms with van der Waals surface area (Å²) in [6.07, 6.45) is 2.89. The van der Waals surface area contributed by atoms with Gasteiger partial charge in [0.15, 0.2) is 28.6 Å². The highest BCUT2D eigenvalue weighted by atomic mass is 17.0. The van der Waals surface area contributed by atoms with Crippen LogP contribution in [0.1, 0.15) is 45.5 Å². The molecule has 5 heterocycles. The molecule has 1 aromatic heterocycles. The van der Waals surface area contributed by atoms with Crippen molar-refractivity contribution in [1.29, 1.82) is 0 Å². The molecular weight excluding hydrogens is 560 g/mol. The Morgan fingerprint density at radius 2 is 1.57 bits per heavy atom. The minimum atomic E-state index is -0.0985. The molecule has 0 aliphatic carbocycles. The third kappa shape index (κ3) is 4.38. The average Bonchev–Trinajstić information content (AvgIpc) is 3.24. The Bertz CT molecular complexity index is 1950. The highest BCUT2D eigenvalue weighted by Gasteiger charge is 2.33. The van der Waals surface area contributed by atoms with E-state index in [1.165, 1.54) is 0 Å². The van der Waals surface area contributed by atoms with Gasteiger partial charge in [-0.15, -0.1) is 0 Å². The SMILES string of the molecule is COc1ccc2cc1Oc1ccc(cc1)CC1NCCc3cc(O)c4oc5c6c(cc(OC)c5ooc4c31)CCN(C)[C@H]6C2. The van der Waals surface area contributed by atoms with Crippen LogP contribution in [0.25, 0.3) is 22.3 Å². The van der Waals surface area contributed by atoms with E-state index in [0.29, 0.717) is 46.8 Å². The molecule has 9 heteroatoms. The predicted octanol–water partition coefficient (Wildman–Crippen LogP) is 6.93. The molecule has 44 heavy (non-hydrogen) atoms. The van der Waals surface area contributed by atoms with Crippen molar-refractivity contribution in [1.82, 2.24) is 10.2 Å². The second kappa shape index (κ2) is 10.5. The second-order valence-electron chi connectivity index (χ2n) is 11.8. The van der Waals surface area contributed by atoms with Crippen LogP contribution in [-0.2, 0) is 25.7 Å². The molecule has 0 amide bonds. The fourth-order valence-corrected chi connectivity index (χ4v) is 7.03. The maximum absolute atomic E-state index is 11.4. The van der Waals surface area contributed by atoms with E-state index in [4.69, 9.17) is 27.8 Å². The van der Waals surface area contributed by atoms with Gasteiger partial charge < -0.3 is 29.1 Å². The summed E-state index contributed by atoms with van der Waals surface area (Å²) in [5.74, 6) is 2.59. The van der Waals surface area contributed by atoms with E-state index in [1.54, 1.807) is 20.3 Å². The van der Waals surface area contributed by atoms with E-state index >= 15 is 0 Å². The van der Waals surface area contributed by atoms with Gasteiger partial charge in [0.2, 0.25) is 11.2 Å². The minimum absolute atomic E-state index is 0.0174. The Labute approximate surface area is 254 Å². The molecule has 8 bridgehead atoms. The van der Waals surface area contributed by atoms with Crippen molar-refractivity contribution in [3.63, 3.8) is 0 Å². The molecule has 4 aromatic carbocycles. The van der Waals surface area contributed by atoms with Gasteiger partial charge in [-0.2, -0.15) is 0 Å². The van der Waals surface area contributed by atoms with Gasteiger partial charge in [0, 0.05) is 29.8 Å². The maximum atomic E-state index is 11.4. The van der Waals surface area contributed by atoms with Gasteiger partial charge in [-0.1, -0.05) is 18.2 Å². The first kappa shape index (κ1) is 27.0. The lowest BCUT2D eigenvalue weighted by Crippen LogP contribution is -2.33. The first-order chi connectivity index (χ1) is 21.5.